The van der Waals surface area contributed by atoms with Crippen molar-refractivity contribution < 1.29 is 13.7 Å². The largest absolute Gasteiger partial charge is 0.379 e. The molecule has 0 spiro atoms. The minimum Gasteiger partial charge on any atom is -0.379 e. The summed E-state index contributed by atoms with van der Waals surface area (Å²) in [5.41, 5.74) is 0.0983. The van der Waals surface area contributed by atoms with Crippen molar-refractivity contribution in [1.82, 2.24) is 4.98 Å². The van der Waals surface area contributed by atoms with E-state index in [-0.39, 0.29) is 17.9 Å². The summed E-state index contributed by atoms with van der Waals surface area (Å²) in [7, 11) is 0. The average Bonchev–Trinajstić information content (AvgIpc) is 2.45. The highest BCUT2D eigenvalue weighted by atomic mass is 19.3. The van der Waals surface area contributed by atoms with E-state index in [4.69, 9.17) is 0 Å². The maximum atomic E-state index is 12.9. The number of alkyl halides is 2. The zero-order valence-electron chi connectivity index (χ0n) is 10.3. The topological polar surface area (TPSA) is 68.1 Å². The number of nitro groups is 1. The van der Waals surface area contributed by atoms with Gasteiger partial charge in [0, 0.05) is 29.6 Å². The van der Waals surface area contributed by atoms with Crippen molar-refractivity contribution in [2.75, 3.05) is 5.32 Å². The molecule has 5 nitrogen and oxygen atoms in total. The summed E-state index contributed by atoms with van der Waals surface area (Å²) in [6.07, 6.45) is -1.19. The number of benzene rings is 1. The van der Waals surface area contributed by atoms with Crippen LogP contribution in [0.15, 0.2) is 42.6 Å². The van der Waals surface area contributed by atoms with E-state index in [0.29, 0.717) is 5.69 Å². The monoisotopic (exact) mass is 279 g/mol. The Labute approximate surface area is 113 Å². The summed E-state index contributed by atoms with van der Waals surface area (Å²) < 4.78 is 25.8. The number of hydrogen-bond donors (Lipinski definition) is 1. The fraction of sp³-hybridized carbons (Fsp3) is 0.154. The van der Waals surface area contributed by atoms with Crippen molar-refractivity contribution in [2.24, 2.45) is 0 Å². The van der Waals surface area contributed by atoms with Gasteiger partial charge in [-0.25, -0.2) is 8.78 Å². The third kappa shape index (κ3) is 3.25. The molecule has 1 aromatic carbocycles. The molecule has 0 atom stereocenters. The van der Waals surface area contributed by atoms with Gasteiger partial charge in [-0.2, -0.15) is 0 Å². The molecule has 0 saturated heterocycles. The molecule has 7 heteroatoms. The van der Waals surface area contributed by atoms with E-state index in [1.54, 1.807) is 24.4 Å². The predicted molar refractivity (Wildman–Crippen MR) is 69.6 cm³/mol. The van der Waals surface area contributed by atoms with E-state index >= 15 is 0 Å². The molecule has 2 rings (SSSR count). The Morgan fingerprint density at radius 3 is 2.70 bits per heavy atom. The zero-order chi connectivity index (χ0) is 14.5. The first-order chi connectivity index (χ1) is 9.58. The molecule has 0 aliphatic heterocycles. The van der Waals surface area contributed by atoms with Crippen LogP contribution in [0.3, 0.4) is 0 Å². The second kappa shape index (κ2) is 6.05. The highest BCUT2D eigenvalue weighted by Gasteiger charge is 2.17. The van der Waals surface area contributed by atoms with Gasteiger partial charge in [0.1, 0.15) is 0 Å². The van der Waals surface area contributed by atoms with Gasteiger partial charge < -0.3 is 5.32 Å². The van der Waals surface area contributed by atoms with Gasteiger partial charge >= 0.3 is 0 Å². The van der Waals surface area contributed by atoms with Crippen molar-refractivity contribution in [2.45, 2.75) is 13.0 Å². The molecule has 1 N–H and O–H groups in total. The Kier molecular flexibility index (Phi) is 4.19. The van der Waals surface area contributed by atoms with Crippen LogP contribution in [0.5, 0.6) is 0 Å². The fourth-order valence-corrected chi connectivity index (χ4v) is 1.69. The Morgan fingerprint density at radius 1 is 1.30 bits per heavy atom. The molecular formula is C13H11F2N3O2. The van der Waals surface area contributed by atoms with Gasteiger partial charge in [0.15, 0.2) is 0 Å². The normalized spacial score (nSPS) is 10.6. The highest BCUT2D eigenvalue weighted by Crippen LogP contribution is 2.30. The van der Waals surface area contributed by atoms with Crippen molar-refractivity contribution in [3.63, 3.8) is 0 Å². The maximum absolute atomic E-state index is 12.9. The summed E-state index contributed by atoms with van der Waals surface area (Å²) in [5.74, 6) is 0. The lowest BCUT2D eigenvalue weighted by Crippen LogP contribution is -2.04. The van der Waals surface area contributed by atoms with Crippen LogP contribution in [0.2, 0.25) is 0 Å². The number of non-ortho nitro benzene ring substituents is 1. The van der Waals surface area contributed by atoms with Crippen LogP contribution >= 0.6 is 0 Å². The molecule has 2 aromatic rings. The van der Waals surface area contributed by atoms with Crippen LogP contribution in [0.25, 0.3) is 0 Å². The summed E-state index contributed by atoms with van der Waals surface area (Å²) >= 11 is 0. The van der Waals surface area contributed by atoms with Crippen LogP contribution in [0.4, 0.5) is 20.2 Å². The number of rotatable bonds is 5. The number of pyridine rings is 1. The number of hydrogen-bond acceptors (Lipinski definition) is 4. The minimum absolute atomic E-state index is 0.163. The number of halogens is 2. The van der Waals surface area contributed by atoms with E-state index in [2.05, 4.69) is 10.3 Å². The first-order valence-electron chi connectivity index (χ1n) is 5.78. The lowest BCUT2D eigenvalue weighted by molar-refractivity contribution is -0.385. The fourth-order valence-electron chi connectivity index (χ4n) is 1.69. The van der Waals surface area contributed by atoms with E-state index < -0.39 is 16.9 Å². The Bertz CT molecular complexity index is 606. The van der Waals surface area contributed by atoms with Crippen molar-refractivity contribution in [1.29, 1.82) is 0 Å². The molecule has 20 heavy (non-hydrogen) atoms. The number of anilines is 1. The molecule has 0 radical (unpaired) electrons. The van der Waals surface area contributed by atoms with Gasteiger partial charge in [-0.05, 0) is 18.2 Å². The lowest BCUT2D eigenvalue weighted by Gasteiger charge is -2.11. The molecule has 1 aromatic heterocycles. The van der Waals surface area contributed by atoms with Gasteiger partial charge in [0.2, 0.25) is 0 Å². The number of nitrogens with zero attached hydrogens (tertiary/aromatic N) is 2. The first-order valence-corrected chi connectivity index (χ1v) is 5.78. The molecule has 0 unspecified atom stereocenters. The van der Waals surface area contributed by atoms with Crippen molar-refractivity contribution in [3.05, 3.63) is 64.0 Å². The van der Waals surface area contributed by atoms with E-state index in [1.807, 2.05) is 0 Å². The first kappa shape index (κ1) is 13.9. The summed E-state index contributed by atoms with van der Waals surface area (Å²) in [6.45, 7) is 0.262. The molecule has 0 amide bonds. The third-order valence-corrected chi connectivity index (χ3v) is 2.67. The van der Waals surface area contributed by atoms with Gasteiger partial charge in [0.05, 0.1) is 17.2 Å². The predicted octanol–water partition coefficient (Wildman–Crippen LogP) is 3.54. The Balaban J connectivity index is 2.20. The van der Waals surface area contributed by atoms with E-state index in [1.165, 1.54) is 12.1 Å². The lowest BCUT2D eigenvalue weighted by atomic mass is 10.1. The molecule has 0 aliphatic carbocycles. The number of nitrogens with one attached hydrogen (secondary N) is 1. The second-order valence-corrected chi connectivity index (χ2v) is 4.00. The number of aromatic nitrogens is 1. The van der Waals surface area contributed by atoms with Crippen molar-refractivity contribution >= 4 is 11.4 Å². The highest BCUT2D eigenvalue weighted by molar-refractivity contribution is 5.56. The van der Waals surface area contributed by atoms with E-state index in [0.717, 1.165) is 6.07 Å². The summed E-state index contributed by atoms with van der Waals surface area (Å²) in [6, 6.07) is 8.63. The molecule has 0 saturated carbocycles. The van der Waals surface area contributed by atoms with Gasteiger partial charge in [-0.1, -0.05) is 6.07 Å². The minimum atomic E-state index is -2.79. The van der Waals surface area contributed by atoms with Crippen LogP contribution in [0, 0.1) is 10.1 Å². The Morgan fingerprint density at radius 2 is 2.10 bits per heavy atom. The molecule has 104 valence electrons. The molecule has 1 heterocycles. The molecule has 0 bridgehead atoms. The smallest absolute Gasteiger partial charge is 0.270 e. The quantitative estimate of drug-likeness (QED) is 0.671. The van der Waals surface area contributed by atoms with Gasteiger partial charge in [-0.15, -0.1) is 0 Å². The second-order valence-electron chi connectivity index (χ2n) is 4.00. The van der Waals surface area contributed by atoms with Crippen LogP contribution < -0.4 is 5.32 Å². The molecule has 0 aliphatic rings. The standard InChI is InChI=1S/C13H11F2N3O2/c14-13(15)11-7-10(18(19)20)4-5-12(11)17-8-9-3-1-2-6-16-9/h1-7,13,17H,8H2. The van der Waals surface area contributed by atoms with Crippen LogP contribution in [-0.4, -0.2) is 9.91 Å². The van der Waals surface area contributed by atoms with Gasteiger partial charge in [-0.3, -0.25) is 15.1 Å². The molecule has 0 fully saturated rings. The summed E-state index contributed by atoms with van der Waals surface area (Å²) in [4.78, 5) is 14.0. The SMILES string of the molecule is O=[N+]([O-])c1ccc(NCc2ccccn2)c(C(F)F)c1. The summed E-state index contributed by atoms with van der Waals surface area (Å²) in [5, 5.41) is 13.4. The van der Waals surface area contributed by atoms with Crippen LogP contribution in [0.1, 0.15) is 17.7 Å². The average molecular weight is 279 g/mol. The molecular weight excluding hydrogens is 268 g/mol. The third-order valence-electron chi connectivity index (χ3n) is 2.67. The van der Waals surface area contributed by atoms with Crippen LogP contribution in [-0.2, 0) is 6.54 Å². The zero-order valence-corrected chi connectivity index (χ0v) is 10.3. The van der Waals surface area contributed by atoms with Crippen molar-refractivity contribution in [3.8, 4) is 0 Å². The Hall–Kier alpha value is -2.57. The number of nitro benzene ring substituents is 1. The van der Waals surface area contributed by atoms with E-state index in [9.17, 15) is 18.9 Å². The van der Waals surface area contributed by atoms with Gasteiger partial charge in [0.25, 0.3) is 12.1 Å². The maximum Gasteiger partial charge on any atom is 0.270 e.